The van der Waals surface area contributed by atoms with Gasteiger partial charge in [0.25, 0.3) is 0 Å². The quantitative estimate of drug-likeness (QED) is 0.447. The zero-order chi connectivity index (χ0) is 18.5. The number of anilines is 1. The van der Waals surface area contributed by atoms with Crippen molar-refractivity contribution in [3.8, 4) is 0 Å². The van der Waals surface area contributed by atoms with Crippen molar-refractivity contribution in [3.05, 3.63) is 29.8 Å². The van der Waals surface area contributed by atoms with E-state index in [0.29, 0.717) is 13.0 Å². The molecule has 0 saturated carbocycles. The van der Waals surface area contributed by atoms with Crippen LogP contribution >= 0.6 is 0 Å². The second kappa shape index (κ2) is 12.2. The van der Waals surface area contributed by atoms with E-state index >= 15 is 0 Å². The van der Waals surface area contributed by atoms with Crippen molar-refractivity contribution in [1.82, 2.24) is 16.0 Å². The van der Waals surface area contributed by atoms with Gasteiger partial charge in [0.15, 0.2) is 5.96 Å². The maximum Gasteiger partial charge on any atom is 0.221 e. The summed E-state index contributed by atoms with van der Waals surface area (Å²) in [6.07, 6.45) is 1.41. The summed E-state index contributed by atoms with van der Waals surface area (Å²) in [5.74, 6) is 0.796. The van der Waals surface area contributed by atoms with Crippen LogP contribution in [0.5, 0.6) is 0 Å². The van der Waals surface area contributed by atoms with Crippen molar-refractivity contribution in [2.75, 3.05) is 44.7 Å². The summed E-state index contributed by atoms with van der Waals surface area (Å²) in [5, 5.41) is 9.34. The Morgan fingerprint density at radius 3 is 2.52 bits per heavy atom. The van der Waals surface area contributed by atoms with Crippen molar-refractivity contribution in [2.24, 2.45) is 4.99 Å². The Hall–Kier alpha value is -2.24. The molecule has 1 rings (SSSR count). The first-order chi connectivity index (χ1) is 12.1. The third kappa shape index (κ3) is 8.42. The summed E-state index contributed by atoms with van der Waals surface area (Å²) in [6.45, 7) is 10.2. The molecule has 140 valence electrons. The van der Waals surface area contributed by atoms with Crippen molar-refractivity contribution in [1.29, 1.82) is 0 Å². The highest BCUT2D eigenvalue weighted by Crippen LogP contribution is 2.14. The van der Waals surface area contributed by atoms with Crippen molar-refractivity contribution in [2.45, 2.75) is 33.6 Å². The fraction of sp³-hybridized carbons (Fsp3) is 0.579. The van der Waals surface area contributed by atoms with Gasteiger partial charge >= 0.3 is 0 Å². The molecule has 1 amide bonds. The average Bonchev–Trinajstić information content (AvgIpc) is 2.62. The minimum Gasteiger partial charge on any atom is -0.370 e. The van der Waals surface area contributed by atoms with Crippen molar-refractivity contribution < 1.29 is 4.79 Å². The highest BCUT2D eigenvalue weighted by molar-refractivity contribution is 5.81. The van der Waals surface area contributed by atoms with Gasteiger partial charge in [0, 0.05) is 51.9 Å². The first-order valence-electron chi connectivity index (χ1n) is 9.13. The van der Waals surface area contributed by atoms with E-state index in [2.05, 4.69) is 64.0 Å². The van der Waals surface area contributed by atoms with Crippen LogP contribution in [-0.4, -0.2) is 51.6 Å². The number of benzene rings is 1. The molecule has 0 aliphatic carbocycles. The lowest BCUT2D eigenvalue weighted by Crippen LogP contribution is -2.42. The fourth-order valence-corrected chi connectivity index (χ4v) is 2.47. The Kier molecular flexibility index (Phi) is 10.1. The molecule has 0 aromatic heterocycles. The molecular formula is C19H33N5O. The lowest BCUT2D eigenvalue weighted by Gasteiger charge is -2.24. The molecule has 1 aromatic rings. The van der Waals surface area contributed by atoms with Crippen LogP contribution in [0.2, 0.25) is 0 Å². The normalized spacial score (nSPS) is 11.1. The van der Waals surface area contributed by atoms with Gasteiger partial charge in [0.05, 0.1) is 0 Å². The van der Waals surface area contributed by atoms with E-state index in [1.165, 1.54) is 11.3 Å². The van der Waals surface area contributed by atoms with Gasteiger partial charge in [-0.1, -0.05) is 19.1 Å². The first-order valence-corrected chi connectivity index (χ1v) is 9.13. The number of nitrogens with one attached hydrogen (secondary N) is 3. The largest absolute Gasteiger partial charge is 0.370 e. The Balaban J connectivity index is 2.33. The number of rotatable bonds is 10. The van der Waals surface area contributed by atoms with Crippen LogP contribution in [0.15, 0.2) is 29.3 Å². The van der Waals surface area contributed by atoms with Crippen LogP contribution in [0.4, 0.5) is 5.69 Å². The van der Waals surface area contributed by atoms with Gasteiger partial charge in [-0.15, -0.1) is 0 Å². The summed E-state index contributed by atoms with van der Waals surface area (Å²) in [4.78, 5) is 18.1. The molecule has 1 aromatic carbocycles. The minimum absolute atomic E-state index is 0.0707. The van der Waals surface area contributed by atoms with E-state index in [1.807, 2.05) is 6.92 Å². The number of carbonyl (C=O) groups excluding carboxylic acids is 1. The molecule has 0 unspecified atom stereocenters. The number of hydrogen-bond donors (Lipinski definition) is 3. The lowest BCUT2D eigenvalue weighted by molar-refractivity contribution is -0.120. The van der Waals surface area contributed by atoms with Crippen LogP contribution in [0, 0.1) is 6.92 Å². The van der Waals surface area contributed by atoms with E-state index in [-0.39, 0.29) is 5.91 Å². The van der Waals surface area contributed by atoms with Crippen molar-refractivity contribution in [3.63, 3.8) is 0 Å². The molecule has 25 heavy (non-hydrogen) atoms. The zero-order valence-corrected chi connectivity index (χ0v) is 16.1. The zero-order valence-electron chi connectivity index (χ0n) is 16.1. The highest BCUT2D eigenvalue weighted by Gasteiger charge is 2.05. The Bertz CT molecular complexity index is 544. The number of aliphatic imine (C=N–C) groups is 1. The second-order valence-corrected chi connectivity index (χ2v) is 5.94. The summed E-state index contributed by atoms with van der Waals surface area (Å²) in [7, 11) is 1.74. The molecule has 0 heterocycles. The molecule has 0 aliphatic heterocycles. The number of likely N-dealkylation sites (N-methyl/N-ethyl adjacent to an activating group) is 1. The van der Waals surface area contributed by atoms with E-state index in [4.69, 9.17) is 0 Å². The molecule has 0 fully saturated rings. The number of guanidine groups is 1. The van der Waals surface area contributed by atoms with E-state index in [9.17, 15) is 4.79 Å². The fourth-order valence-electron chi connectivity index (χ4n) is 2.47. The summed E-state index contributed by atoms with van der Waals surface area (Å²) >= 11 is 0. The number of amides is 1. The monoisotopic (exact) mass is 347 g/mol. The topological polar surface area (TPSA) is 68.8 Å². The molecule has 0 atom stereocenters. The van der Waals surface area contributed by atoms with Gasteiger partial charge in [-0.25, -0.2) is 0 Å². The van der Waals surface area contributed by atoms with Gasteiger partial charge in [0.2, 0.25) is 5.91 Å². The molecule has 0 aliphatic rings. The summed E-state index contributed by atoms with van der Waals surface area (Å²) in [5.41, 5.74) is 2.50. The van der Waals surface area contributed by atoms with Gasteiger partial charge in [-0.2, -0.15) is 0 Å². The second-order valence-electron chi connectivity index (χ2n) is 5.94. The highest BCUT2D eigenvalue weighted by atomic mass is 16.1. The van der Waals surface area contributed by atoms with Gasteiger partial charge in [-0.3, -0.25) is 9.79 Å². The maximum absolute atomic E-state index is 11.6. The van der Waals surface area contributed by atoms with Gasteiger partial charge < -0.3 is 20.9 Å². The van der Waals surface area contributed by atoms with Crippen molar-refractivity contribution >= 4 is 17.6 Å². The average molecular weight is 348 g/mol. The van der Waals surface area contributed by atoms with Crippen LogP contribution in [0.25, 0.3) is 0 Å². The molecule has 6 nitrogen and oxygen atoms in total. The summed E-state index contributed by atoms with van der Waals surface area (Å²) < 4.78 is 0. The molecule has 0 bridgehead atoms. The SMILES string of the molecule is CCCNC(=O)CCNC(=NC)NCCN(CC)c1cccc(C)c1. The van der Waals surface area contributed by atoms with E-state index in [0.717, 1.165) is 38.6 Å². The number of aryl methyl sites for hydroxylation is 1. The molecule has 3 N–H and O–H groups in total. The number of carbonyl (C=O) groups is 1. The first kappa shape index (κ1) is 20.8. The third-order valence-corrected chi connectivity index (χ3v) is 3.86. The standard InChI is InChI=1S/C19H33N5O/c1-5-11-21-18(25)10-12-22-19(20-4)23-13-14-24(6-2)17-9-7-8-16(3)15-17/h7-9,15H,5-6,10-14H2,1-4H3,(H,21,25)(H2,20,22,23). The smallest absolute Gasteiger partial charge is 0.221 e. The molecule has 0 saturated heterocycles. The lowest BCUT2D eigenvalue weighted by atomic mass is 10.2. The van der Waals surface area contributed by atoms with Gasteiger partial charge in [0.1, 0.15) is 0 Å². The number of nitrogens with zero attached hydrogens (tertiary/aromatic N) is 2. The minimum atomic E-state index is 0.0707. The molecule has 0 radical (unpaired) electrons. The third-order valence-electron chi connectivity index (χ3n) is 3.86. The van der Waals surface area contributed by atoms with Crippen LogP contribution in [-0.2, 0) is 4.79 Å². The Morgan fingerprint density at radius 2 is 1.88 bits per heavy atom. The Labute approximate surface area is 152 Å². The van der Waals surface area contributed by atoms with Crippen LogP contribution in [0.3, 0.4) is 0 Å². The van der Waals surface area contributed by atoms with E-state index < -0.39 is 0 Å². The van der Waals surface area contributed by atoms with Crippen LogP contribution < -0.4 is 20.9 Å². The van der Waals surface area contributed by atoms with Gasteiger partial charge in [-0.05, 0) is 38.0 Å². The Morgan fingerprint density at radius 1 is 1.12 bits per heavy atom. The molecule has 6 heteroatoms. The maximum atomic E-state index is 11.6. The predicted molar refractivity (Wildman–Crippen MR) is 106 cm³/mol. The number of hydrogen-bond acceptors (Lipinski definition) is 3. The van der Waals surface area contributed by atoms with E-state index in [1.54, 1.807) is 7.05 Å². The summed E-state index contributed by atoms with van der Waals surface area (Å²) in [6, 6.07) is 8.53. The molecular weight excluding hydrogens is 314 g/mol. The molecule has 0 spiro atoms. The predicted octanol–water partition coefficient (Wildman–Crippen LogP) is 1.90. The van der Waals surface area contributed by atoms with Crippen LogP contribution in [0.1, 0.15) is 32.3 Å².